The van der Waals surface area contributed by atoms with Gasteiger partial charge in [-0.05, 0) is 113 Å². The standard InChI is InChI=1S/C42H33N3/c1-5-30-18-19-34(23-31(30)6-2)38-25-37(26-39(27-38)36-21-28(3)43-29(4)22-36)33-15-12-16-35(24-33)41-42(32-13-8-7-9-14-32)45-20-11-10-17-40(45)44-41/h5-27H,1-2H2,3-4H3. The lowest BCUT2D eigenvalue weighted by atomic mass is 9.91. The van der Waals surface area contributed by atoms with E-state index in [-0.39, 0.29) is 0 Å². The molecule has 3 aromatic heterocycles. The lowest BCUT2D eigenvalue weighted by Gasteiger charge is -2.14. The van der Waals surface area contributed by atoms with Crippen molar-refractivity contribution in [1.29, 1.82) is 0 Å². The van der Waals surface area contributed by atoms with Crippen molar-refractivity contribution in [2.75, 3.05) is 0 Å². The molecule has 0 bridgehead atoms. The van der Waals surface area contributed by atoms with Crippen LogP contribution >= 0.6 is 0 Å². The lowest BCUT2D eigenvalue weighted by molar-refractivity contribution is 1.12. The molecule has 0 atom stereocenters. The smallest absolute Gasteiger partial charge is 0.137 e. The van der Waals surface area contributed by atoms with Crippen LogP contribution in [0, 0.1) is 13.8 Å². The molecule has 3 heteroatoms. The zero-order valence-electron chi connectivity index (χ0n) is 25.5. The molecule has 0 unspecified atom stereocenters. The lowest BCUT2D eigenvalue weighted by Crippen LogP contribution is -1.92. The number of benzene rings is 4. The molecule has 0 spiro atoms. The predicted octanol–water partition coefficient (Wildman–Crippen LogP) is 11.0. The van der Waals surface area contributed by atoms with Crippen molar-refractivity contribution < 1.29 is 0 Å². The molecule has 7 rings (SSSR count). The van der Waals surface area contributed by atoms with Crippen LogP contribution in [0.1, 0.15) is 22.5 Å². The largest absolute Gasteiger partial charge is 0.299 e. The summed E-state index contributed by atoms with van der Waals surface area (Å²) in [6.07, 6.45) is 5.85. The predicted molar refractivity (Wildman–Crippen MR) is 190 cm³/mol. The fourth-order valence-corrected chi connectivity index (χ4v) is 6.16. The SMILES string of the molecule is C=Cc1ccc(-c2cc(-c3cccc(-c4nc5ccccn5c4-c4ccccc4)c3)cc(-c3cc(C)nc(C)c3)c2)cc1C=C. The van der Waals surface area contributed by atoms with E-state index in [4.69, 9.17) is 4.98 Å². The molecular formula is C42H33N3. The van der Waals surface area contributed by atoms with Crippen LogP contribution in [-0.4, -0.2) is 14.4 Å². The third-order valence-electron chi connectivity index (χ3n) is 8.25. The highest BCUT2D eigenvalue weighted by Gasteiger charge is 2.17. The van der Waals surface area contributed by atoms with Gasteiger partial charge in [0, 0.05) is 28.7 Å². The fraction of sp³-hybridized carbons (Fsp3) is 0.0476. The Morgan fingerprint density at radius 1 is 0.489 bits per heavy atom. The summed E-state index contributed by atoms with van der Waals surface area (Å²) in [6, 6.07) is 43.0. The van der Waals surface area contributed by atoms with Gasteiger partial charge in [0.1, 0.15) is 5.65 Å². The van der Waals surface area contributed by atoms with Gasteiger partial charge in [-0.25, -0.2) is 4.98 Å². The van der Waals surface area contributed by atoms with Gasteiger partial charge in [0.25, 0.3) is 0 Å². The Bertz CT molecular complexity index is 2200. The second-order valence-corrected chi connectivity index (χ2v) is 11.4. The van der Waals surface area contributed by atoms with E-state index in [0.29, 0.717) is 0 Å². The molecule has 7 aromatic rings. The highest BCUT2D eigenvalue weighted by Crippen LogP contribution is 2.38. The van der Waals surface area contributed by atoms with Crippen molar-refractivity contribution in [3.8, 4) is 55.9 Å². The van der Waals surface area contributed by atoms with Crippen LogP contribution in [0.25, 0.3) is 73.7 Å². The summed E-state index contributed by atoms with van der Waals surface area (Å²) in [6.45, 7) is 12.1. The van der Waals surface area contributed by atoms with Crippen LogP contribution < -0.4 is 0 Å². The second kappa shape index (κ2) is 11.7. The first-order chi connectivity index (χ1) is 22.0. The average Bonchev–Trinajstić information content (AvgIpc) is 3.47. The third kappa shape index (κ3) is 5.41. The summed E-state index contributed by atoms with van der Waals surface area (Å²) >= 11 is 0. The van der Waals surface area contributed by atoms with Crippen molar-refractivity contribution in [2.45, 2.75) is 13.8 Å². The van der Waals surface area contributed by atoms with Crippen molar-refractivity contribution in [3.63, 3.8) is 0 Å². The number of nitrogens with zero attached hydrogens (tertiary/aromatic N) is 3. The molecule has 45 heavy (non-hydrogen) atoms. The van der Waals surface area contributed by atoms with Gasteiger partial charge in [0.05, 0.1) is 11.4 Å². The van der Waals surface area contributed by atoms with Crippen LogP contribution in [0.2, 0.25) is 0 Å². The van der Waals surface area contributed by atoms with E-state index in [2.05, 4.69) is 138 Å². The maximum atomic E-state index is 5.12. The molecular weight excluding hydrogens is 546 g/mol. The molecule has 0 fully saturated rings. The molecule has 3 nitrogen and oxygen atoms in total. The van der Waals surface area contributed by atoms with Crippen molar-refractivity contribution in [3.05, 3.63) is 163 Å². The first-order valence-corrected chi connectivity index (χ1v) is 15.1. The molecule has 0 aliphatic carbocycles. The minimum atomic E-state index is 0.922. The van der Waals surface area contributed by atoms with Gasteiger partial charge in [-0.3, -0.25) is 9.38 Å². The monoisotopic (exact) mass is 579 g/mol. The molecule has 0 saturated carbocycles. The van der Waals surface area contributed by atoms with Gasteiger partial charge >= 0.3 is 0 Å². The summed E-state index contributed by atoms with van der Waals surface area (Å²) in [7, 11) is 0. The molecule has 0 N–H and O–H groups in total. The summed E-state index contributed by atoms with van der Waals surface area (Å²) < 4.78 is 2.17. The third-order valence-corrected chi connectivity index (χ3v) is 8.25. The highest BCUT2D eigenvalue weighted by molar-refractivity contribution is 5.87. The van der Waals surface area contributed by atoms with Crippen molar-refractivity contribution >= 4 is 17.8 Å². The molecule has 0 aliphatic rings. The molecule has 3 heterocycles. The molecule has 0 saturated heterocycles. The van der Waals surface area contributed by atoms with Crippen molar-refractivity contribution in [1.82, 2.24) is 14.4 Å². The number of hydrogen-bond acceptors (Lipinski definition) is 2. The number of aryl methyl sites for hydroxylation is 2. The summed E-state index contributed by atoms with van der Waals surface area (Å²) in [4.78, 5) is 9.75. The first kappa shape index (κ1) is 28.0. The molecule has 0 amide bonds. The van der Waals surface area contributed by atoms with E-state index in [1.165, 1.54) is 0 Å². The first-order valence-electron chi connectivity index (χ1n) is 15.1. The van der Waals surface area contributed by atoms with Gasteiger partial charge in [-0.2, -0.15) is 0 Å². The Kier molecular flexibility index (Phi) is 7.28. The van der Waals surface area contributed by atoms with Crippen LogP contribution in [-0.2, 0) is 0 Å². The van der Waals surface area contributed by atoms with E-state index < -0.39 is 0 Å². The van der Waals surface area contributed by atoms with Gasteiger partial charge < -0.3 is 0 Å². The number of pyridine rings is 2. The quantitative estimate of drug-likeness (QED) is 0.188. The van der Waals surface area contributed by atoms with Gasteiger partial charge in [0.2, 0.25) is 0 Å². The minimum Gasteiger partial charge on any atom is -0.299 e. The van der Waals surface area contributed by atoms with Gasteiger partial charge in [-0.1, -0.05) is 92.0 Å². The Labute approximate surface area is 264 Å². The normalized spacial score (nSPS) is 11.1. The van der Waals surface area contributed by atoms with Crippen LogP contribution in [0.15, 0.2) is 141 Å². The van der Waals surface area contributed by atoms with E-state index >= 15 is 0 Å². The maximum Gasteiger partial charge on any atom is 0.137 e. The van der Waals surface area contributed by atoms with Crippen LogP contribution in [0.5, 0.6) is 0 Å². The van der Waals surface area contributed by atoms with E-state index in [1.807, 2.05) is 38.1 Å². The number of aromatic nitrogens is 3. The Hall–Kier alpha value is -5.80. The maximum absolute atomic E-state index is 5.12. The van der Waals surface area contributed by atoms with E-state index in [9.17, 15) is 0 Å². The molecule has 4 aromatic carbocycles. The number of hydrogen-bond donors (Lipinski definition) is 0. The molecule has 0 aliphatic heterocycles. The molecule has 0 radical (unpaired) electrons. The number of fused-ring (bicyclic) bond motifs is 1. The minimum absolute atomic E-state index is 0.922. The summed E-state index contributed by atoms with van der Waals surface area (Å²) in [5, 5.41) is 0. The Morgan fingerprint density at radius 3 is 1.78 bits per heavy atom. The van der Waals surface area contributed by atoms with E-state index in [1.54, 1.807) is 0 Å². The number of rotatable bonds is 7. The zero-order valence-corrected chi connectivity index (χ0v) is 25.5. The second-order valence-electron chi connectivity index (χ2n) is 11.4. The van der Waals surface area contributed by atoms with Crippen LogP contribution in [0.3, 0.4) is 0 Å². The van der Waals surface area contributed by atoms with E-state index in [0.717, 1.165) is 84.1 Å². The van der Waals surface area contributed by atoms with Gasteiger partial charge in [-0.15, -0.1) is 0 Å². The summed E-state index contributed by atoms with van der Waals surface area (Å²) in [5.74, 6) is 0. The van der Waals surface area contributed by atoms with Crippen LogP contribution in [0.4, 0.5) is 0 Å². The highest BCUT2D eigenvalue weighted by atomic mass is 15.0. The molecule has 216 valence electrons. The fourth-order valence-electron chi connectivity index (χ4n) is 6.16. The average molecular weight is 580 g/mol. The Morgan fingerprint density at radius 2 is 1.07 bits per heavy atom. The summed E-state index contributed by atoms with van der Waals surface area (Å²) in [5.41, 5.74) is 16.1. The van der Waals surface area contributed by atoms with Gasteiger partial charge in [0.15, 0.2) is 0 Å². The zero-order chi connectivity index (χ0) is 30.9. The van der Waals surface area contributed by atoms with Crippen molar-refractivity contribution in [2.24, 2.45) is 0 Å². The Balaban J connectivity index is 1.42. The topological polar surface area (TPSA) is 30.2 Å². The number of imidazole rings is 1.